The lowest BCUT2D eigenvalue weighted by Gasteiger charge is -2.29. The fourth-order valence-corrected chi connectivity index (χ4v) is 5.30. The third-order valence-electron chi connectivity index (χ3n) is 6.07. The summed E-state index contributed by atoms with van der Waals surface area (Å²) in [4.78, 5) is 27.7. The van der Waals surface area contributed by atoms with Crippen molar-refractivity contribution in [1.82, 2.24) is 14.8 Å². The van der Waals surface area contributed by atoms with Crippen LogP contribution in [0.1, 0.15) is 37.7 Å². The van der Waals surface area contributed by atoms with E-state index in [2.05, 4.69) is 5.32 Å². The molecule has 2 aliphatic rings. The molecule has 2 aromatic carbocycles. The molecule has 8 nitrogen and oxygen atoms in total. The molecular formula is C24H22FN3O5S. The van der Waals surface area contributed by atoms with Crippen LogP contribution in [0, 0.1) is 12.7 Å². The predicted molar refractivity (Wildman–Crippen MR) is 121 cm³/mol. The zero-order chi connectivity index (χ0) is 24.0. The van der Waals surface area contributed by atoms with E-state index in [4.69, 9.17) is 4.18 Å². The smallest absolute Gasteiger partial charge is 0.339 e. The fraction of sp³-hybridized carbons (Fsp3) is 0.250. The maximum Gasteiger partial charge on any atom is 0.339 e. The van der Waals surface area contributed by atoms with Gasteiger partial charge in [0.15, 0.2) is 11.4 Å². The lowest BCUT2D eigenvalue weighted by atomic mass is 10.1. The molecule has 0 atom stereocenters. The summed E-state index contributed by atoms with van der Waals surface area (Å²) in [5, 5.41) is 2.70. The number of aromatic nitrogens is 1. The van der Waals surface area contributed by atoms with Crippen molar-refractivity contribution in [3.05, 3.63) is 82.4 Å². The van der Waals surface area contributed by atoms with Gasteiger partial charge in [-0.05, 0) is 36.8 Å². The van der Waals surface area contributed by atoms with Gasteiger partial charge in [0, 0.05) is 38.3 Å². The van der Waals surface area contributed by atoms with Gasteiger partial charge in [0.1, 0.15) is 16.3 Å². The number of carbonyl (C=O) groups is 2. The Hall–Kier alpha value is -3.66. The highest BCUT2D eigenvalue weighted by Gasteiger charge is 2.40. The summed E-state index contributed by atoms with van der Waals surface area (Å²) < 4.78 is 46.6. The van der Waals surface area contributed by atoms with Crippen molar-refractivity contribution in [2.75, 3.05) is 13.1 Å². The zero-order valence-corrected chi connectivity index (χ0v) is 19.2. The number of hydrogen-bond acceptors (Lipinski definition) is 5. The number of hydrogen-bond donors (Lipinski definition) is 1. The number of nitrogens with one attached hydrogen (secondary N) is 1. The van der Waals surface area contributed by atoms with Crippen LogP contribution in [0.2, 0.25) is 0 Å². The maximum atomic E-state index is 13.5. The predicted octanol–water partition coefficient (Wildman–Crippen LogP) is 2.65. The van der Waals surface area contributed by atoms with E-state index >= 15 is 0 Å². The van der Waals surface area contributed by atoms with Crippen LogP contribution in [0.3, 0.4) is 0 Å². The second-order valence-corrected chi connectivity index (χ2v) is 9.91. The number of rotatable bonds is 5. The summed E-state index contributed by atoms with van der Waals surface area (Å²) in [6, 6.07) is 11.9. The molecule has 0 unspecified atom stereocenters. The van der Waals surface area contributed by atoms with Crippen LogP contribution in [-0.4, -0.2) is 42.8 Å². The molecule has 3 aromatic rings. The lowest BCUT2D eigenvalue weighted by molar-refractivity contribution is 0.0686. The minimum Gasteiger partial charge on any atom is -0.376 e. The summed E-state index contributed by atoms with van der Waals surface area (Å²) >= 11 is 0. The summed E-state index contributed by atoms with van der Waals surface area (Å²) in [5.74, 6) is -1.55. The first-order chi connectivity index (χ1) is 16.2. The van der Waals surface area contributed by atoms with E-state index in [0.29, 0.717) is 31.7 Å². The highest BCUT2D eigenvalue weighted by Crippen LogP contribution is 2.37. The Bertz CT molecular complexity index is 1400. The molecule has 2 amide bonds. The molecule has 3 heterocycles. The first-order valence-corrected chi connectivity index (χ1v) is 12.2. The molecule has 1 aromatic heterocycles. The molecule has 0 saturated heterocycles. The number of nitrogens with zero attached hydrogens (tertiary/aromatic N) is 2. The van der Waals surface area contributed by atoms with Gasteiger partial charge in [0.2, 0.25) is 0 Å². The van der Waals surface area contributed by atoms with Crippen LogP contribution in [0.25, 0.3) is 0 Å². The van der Waals surface area contributed by atoms with Gasteiger partial charge in [-0.2, -0.15) is 8.42 Å². The van der Waals surface area contributed by atoms with E-state index in [1.165, 1.54) is 29.2 Å². The Morgan fingerprint density at radius 1 is 1.03 bits per heavy atom. The third kappa shape index (κ3) is 3.83. The third-order valence-corrected chi connectivity index (χ3v) is 7.31. The van der Waals surface area contributed by atoms with Crippen LogP contribution < -0.4 is 9.50 Å². The van der Waals surface area contributed by atoms with E-state index in [-0.39, 0.29) is 34.3 Å². The summed E-state index contributed by atoms with van der Waals surface area (Å²) in [6.45, 7) is 3.16. The SMILES string of the molecule is Cc1ccc(S(=O)(=O)Oc2c3c(n4c2C(=O)N(Cc2ccc(F)cc2)CC4)CCNC3=O)cc1. The van der Waals surface area contributed by atoms with Gasteiger partial charge >= 0.3 is 10.1 Å². The number of aryl methyl sites for hydroxylation is 1. The van der Waals surface area contributed by atoms with Gasteiger partial charge in [0.05, 0.1) is 0 Å². The topological polar surface area (TPSA) is 97.7 Å². The van der Waals surface area contributed by atoms with Crippen molar-refractivity contribution in [1.29, 1.82) is 0 Å². The minimum absolute atomic E-state index is 0.0334. The average Bonchev–Trinajstić information content (AvgIpc) is 3.12. The van der Waals surface area contributed by atoms with Crippen LogP contribution in [0.5, 0.6) is 5.75 Å². The highest BCUT2D eigenvalue weighted by molar-refractivity contribution is 7.87. The van der Waals surface area contributed by atoms with Crippen molar-refractivity contribution in [3.8, 4) is 5.75 Å². The van der Waals surface area contributed by atoms with Crippen molar-refractivity contribution >= 4 is 21.9 Å². The number of halogens is 1. The van der Waals surface area contributed by atoms with Crippen LogP contribution >= 0.6 is 0 Å². The van der Waals surface area contributed by atoms with E-state index in [0.717, 1.165) is 11.1 Å². The van der Waals surface area contributed by atoms with E-state index in [1.54, 1.807) is 28.8 Å². The van der Waals surface area contributed by atoms with Gasteiger partial charge in [-0.1, -0.05) is 29.8 Å². The van der Waals surface area contributed by atoms with Crippen molar-refractivity contribution in [2.24, 2.45) is 0 Å². The van der Waals surface area contributed by atoms with Gasteiger partial charge in [-0.15, -0.1) is 0 Å². The summed E-state index contributed by atoms with van der Waals surface area (Å²) in [5.41, 5.74) is 2.30. The van der Waals surface area contributed by atoms with E-state index in [9.17, 15) is 22.4 Å². The number of carbonyl (C=O) groups excluding carboxylic acids is 2. The molecule has 0 spiro atoms. The van der Waals surface area contributed by atoms with Crippen molar-refractivity contribution in [3.63, 3.8) is 0 Å². The molecule has 10 heteroatoms. The number of benzene rings is 2. The first-order valence-electron chi connectivity index (χ1n) is 10.8. The second kappa shape index (κ2) is 8.28. The fourth-order valence-electron chi connectivity index (χ4n) is 4.36. The summed E-state index contributed by atoms with van der Waals surface area (Å²) in [6.07, 6.45) is 0.452. The van der Waals surface area contributed by atoms with Gasteiger partial charge in [-0.3, -0.25) is 9.59 Å². The quantitative estimate of drug-likeness (QED) is 0.563. The monoisotopic (exact) mass is 483 g/mol. The molecule has 0 radical (unpaired) electrons. The lowest BCUT2D eigenvalue weighted by Crippen LogP contribution is -2.40. The van der Waals surface area contributed by atoms with Gasteiger partial charge in [0.25, 0.3) is 11.8 Å². The molecule has 2 aliphatic heterocycles. The molecule has 0 bridgehead atoms. The maximum absolute atomic E-state index is 13.5. The van der Waals surface area contributed by atoms with E-state index < -0.39 is 21.9 Å². The zero-order valence-electron chi connectivity index (χ0n) is 18.4. The Morgan fingerprint density at radius 2 is 1.74 bits per heavy atom. The molecule has 0 aliphatic carbocycles. The molecule has 34 heavy (non-hydrogen) atoms. The van der Waals surface area contributed by atoms with Gasteiger partial charge < -0.3 is 19.0 Å². The standard InChI is InChI=1S/C24H22FN3O5S/c1-15-2-8-18(9-3-15)34(31,32)33-22-20-19(10-11-26-23(20)29)28-13-12-27(24(30)21(22)28)14-16-4-6-17(25)7-5-16/h2-9H,10-14H2,1H3,(H,26,29). The molecule has 5 rings (SSSR count). The molecular weight excluding hydrogens is 461 g/mol. The Labute approximate surface area is 196 Å². The van der Waals surface area contributed by atoms with Crippen molar-refractivity contribution < 1.29 is 26.6 Å². The Morgan fingerprint density at radius 3 is 2.44 bits per heavy atom. The molecule has 1 N–H and O–H groups in total. The molecule has 176 valence electrons. The van der Waals surface area contributed by atoms with Crippen molar-refractivity contribution in [2.45, 2.75) is 31.3 Å². The largest absolute Gasteiger partial charge is 0.376 e. The Balaban J connectivity index is 1.57. The highest BCUT2D eigenvalue weighted by atomic mass is 32.2. The Kier molecular flexibility index (Phi) is 5.40. The van der Waals surface area contributed by atoms with Crippen LogP contribution in [0.15, 0.2) is 53.4 Å². The minimum atomic E-state index is -4.30. The summed E-state index contributed by atoms with van der Waals surface area (Å²) in [7, 11) is -4.30. The van der Waals surface area contributed by atoms with Crippen LogP contribution in [0.4, 0.5) is 4.39 Å². The second-order valence-electron chi connectivity index (χ2n) is 8.36. The molecule has 0 saturated carbocycles. The van der Waals surface area contributed by atoms with Gasteiger partial charge in [-0.25, -0.2) is 4.39 Å². The molecule has 0 fully saturated rings. The van der Waals surface area contributed by atoms with E-state index in [1.807, 2.05) is 6.92 Å². The van der Waals surface area contributed by atoms with Crippen LogP contribution in [-0.2, 0) is 29.6 Å². The average molecular weight is 484 g/mol. The first kappa shape index (κ1) is 22.1. The normalized spacial score (nSPS) is 15.5. The number of fused-ring (bicyclic) bond motifs is 3. The number of amides is 2.